The quantitative estimate of drug-likeness (QED) is 0.386. The van der Waals surface area contributed by atoms with E-state index in [2.05, 4.69) is 0 Å². The lowest BCUT2D eigenvalue weighted by molar-refractivity contribution is 0.103. The number of methoxy groups -OCH3 is 1. The molecule has 0 saturated heterocycles. The summed E-state index contributed by atoms with van der Waals surface area (Å²) in [6.45, 7) is 0.584. The van der Waals surface area contributed by atoms with Gasteiger partial charge in [0.05, 0.1) is 19.3 Å². The zero-order chi connectivity index (χ0) is 19.0. The van der Waals surface area contributed by atoms with Crippen molar-refractivity contribution in [1.82, 2.24) is 0 Å². The van der Waals surface area contributed by atoms with E-state index in [1.807, 2.05) is 13.0 Å². The van der Waals surface area contributed by atoms with Crippen molar-refractivity contribution in [3.8, 4) is 11.5 Å². The Hall–Kier alpha value is -1.75. The number of hydrogen-bond acceptors (Lipinski definition) is 6. The predicted molar refractivity (Wildman–Crippen MR) is 105 cm³/mol. The lowest BCUT2D eigenvalue weighted by Gasteiger charge is -2.19. The van der Waals surface area contributed by atoms with Crippen LogP contribution in [0.5, 0.6) is 11.5 Å². The molecule has 140 valence electrons. The van der Waals surface area contributed by atoms with Crippen LogP contribution in [0.3, 0.4) is 0 Å². The van der Waals surface area contributed by atoms with E-state index in [1.165, 1.54) is 7.11 Å². The third kappa shape index (κ3) is 5.37. The molecule has 5 nitrogen and oxygen atoms in total. The molecule has 0 aromatic heterocycles. The minimum atomic E-state index is -3.42. The molecule has 0 heterocycles. The van der Waals surface area contributed by atoms with Gasteiger partial charge in [-0.05, 0) is 42.9 Å². The molecule has 1 unspecified atom stereocenters. The highest BCUT2D eigenvalue weighted by atomic mass is 32.7. The molecular formula is C19H23O5PS. The number of carbonyl (C=O) groups excluding carboxylic acids is 1. The Bertz CT molecular complexity index is 779. The van der Waals surface area contributed by atoms with Crippen molar-refractivity contribution in [3.05, 3.63) is 59.7 Å². The van der Waals surface area contributed by atoms with Gasteiger partial charge in [-0.25, -0.2) is 4.57 Å². The second-order valence-corrected chi connectivity index (χ2v) is 9.46. The van der Waals surface area contributed by atoms with E-state index in [-0.39, 0.29) is 23.7 Å². The Balaban J connectivity index is 2.41. The van der Waals surface area contributed by atoms with Gasteiger partial charge in [-0.1, -0.05) is 37.3 Å². The van der Waals surface area contributed by atoms with Crippen molar-refractivity contribution < 1.29 is 23.1 Å². The van der Waals surface area contributed by atoms with Crippen LogP contribution in [-0.2, 0) is 9.09 Å². The Kier molecular flexibility index (Phi) is 7.76. The number of hydrogen-bond donors (Lipinski definition) is 0. The predicted octanol–water partition coefficient (Wildman–Crippen LogP) is 5.59. The van der Waals surface area contributed by atoms with Crippen LogP contribution in [0.1, 0.15) is 36.2 Å². The van der Waals surface area contributed by atoms with E-state index in [9.17, 15) is 9.36 Å². The highest BCUT2D eigenvalue weighted by Crippen LogP contribution is 2.60. The third-order valence-electron chi connectivity index (χ3n) is 3.42. The first-order valence-electron chi connectivity index (χ1n) is 8.39. The van der Waals surface area contributed by atoms with Crippen LogP contribution in [0.4, 0.5) is 0 Å². The van der Waals surface area contributed by atoms with E-state index in [0.29, 0.717) is 17.1 Å². The lowest BCUT2D eigenvalue weighted by atomic mass is 10.0. The van der Waals surface area contributed by atoms with Gasteiger partial charge in [0, 0.05) is 11.3 Å². The largest absolute Gasteiger partial charge is 0.497 e. The zero-order valence-corrected chi connectivity index (χ0v) is 16.8. The average Bonchev–Trinajstić information content (AvgIpc) is 2.67. The molecular weight excluding hydrogens is 371 g/mol. The number of carbonyl (C=O) groups is 1. The molecule has 1 atom stereocenters. The van der Waals surface area contributed by atoms with Gasteiger partial charge in [0.25, 0.3) is 0 Å². The van der Waals surface area contributed by atoms with Crippen LogP contribution >= 0.6 is 18.2 Å². The zero-order valence-electron chi connectivity index (χ0n) is 15.1. The smallest absolute Gasteiger partial charge is 0.440 e. The fraction of sp³-hybridized carbons (Fsp3) is 0.316. The summed E-state index contributed by atoms with van der Waals surface area (Å²) in [4.78, 5) is 12.9. The van der Waals surface area contributed by atoms with Crippen LogP contribution in [0.2, 0.25) is 0 Å². The van der Waals surface area contributed by atoms with Crippen molar-refractivity contribution in [1.29, 1.82) is 0 Å². The van der Waals surface area contributed by atoms with Gasteiger partial charge < -0.3 is 9.26 Å². The van der Waals surface area contributed by atoms with Crippen LogP contribution in [0.25, 0.3) is 0 Å². The van der Waals surface area contributed by atoms with Crippen molar-refractivity contribution >= 4 is 24.0 Å². The van der Waals surface area contributed by atoms with Gasteiger partial charge in [-0.2, -0.15) is 0 Å². The summed E-state index contributed by atoms with van der Waals surface area (Å²) < 4.78 is 29.3. The fourth-order valence-corrected chi connectivity index (χ4v) is 5.67. The molecule has 0 bridgehead atoms. The van der Waals surface area contributed by atoms with Gasteiger partial charge in [-0.15, -0.1) is 0 Å². The topological polar surface area (TPSA) is 61.8 Å². The maximum absolute atomic E-state index is 13.0. The maximum atomic E-state index is 13.0. The molecule has 2 rings (SSSR count). The molecule has 0 spiro atoms. The summed E-state index contributed by atoms with van der Waals surface area (Å²) in [6.07, 6.45) is 0.837. The van der Waals surface area contributed by atoms with Gasteiger partial charge in [0.1, 0.15) is 11.5 Å². The summed E-state index contributed by atoms with van der Waals surface area (Å²) in [5.74, 6) is 1.14. The number of rotatable bonds is 10. The molecule has 0 fully saturated rings. The van der Waals surface area contributed by atoms with Gasteiger partial charge in [0.15, 0.2) is 5.78 Å². The highest BCUT2D eigenvalue weighted by Gasteiger charge is 2.29. The van der Waals surface area contributed by atoms with Crippen LogP contribution < -0.4 is 9.26 Å². The minimum Gasteiger partial charge on any atom is -0.497 e. The van der Waals surface area contributed by atoms with Crippen LogP contribution in [0, 0.1) is 0 Å². The molecule has 0 saturated carbocycles. The summed E-state index contributed by atoms with van der Waals surface area (Å²) in [5, 5.41) is 0. The van der Waals surface area contributed by atoms with Crippen molar-refractivity contribution in [2.45, 2.75) is 20.3 Å². The summed E-state index contributed by atoms with van der Waals surface area (Å²) in [5.41, 5.74) is 0.797. The first-order valence-corrected chi connectivity index (χ1v) is 11.5. The fourth-order valence-electron chi connectivity index (χ4n) is 2.21. The van der Waals surface area contributed by atoms with Crippen molar-refractivity contribution in [3.63, 3.8) is 0 Å². The minimum absolute atomic E-state index is 0.222. The molecule has 2 aromatic rings. The second-order valence-electron chi connectivity index (χ2n) is 5.35. The van der Waals surface area contributed by atoms with E-state index in [0.717, 1.165) is 17.8 Å². The lowest BCUT2D eigenvalue weighted by Crippen LogP contribution is -2.06. The molecule has 0 aliphatic carbocycles. The molecule has 2 aromatic carbocycles. The summed E-state index contributed by atoms with van der Waals surface area (Å²) >= 11 is 1.14. The second kappa shape index (κ2) is 9.81. The molecule has 0 N–H and O–H groups in total. The first kappa shape index (κ1) is 20.6. The van der Waals surface area contributed by atoms with E-state index in [4.69, 9.17) is 13.8 Å². The Morgan fingerprint density at radius 2 is 1.85 bits per heavy atom. The SMILES string of the molecule is CCCSP(=O)(OCC)Oc1ccc(OC)cc1C(=O)c1ccccc1. The average molecular weight is 394 g/mol. The molecule has 7 heteroatoms. The van der Waals surface area contributed by atoms with Crippen molar-refractivity contribution in [2.24, 2.45) is 0 Å². The number of ether oxygens (including phenoxy) is 1. The van der Waals surface area contributed by atoms with Gasteiger partial charge in [0.2, 0.25) is 0 Å². The number of benzene rings is 2. The molecule has 0 amide bonds. The standard InChI is InChI=1S/C19H23O5PS/c1-4-13-26-25(21,23-5-2)24-18-12-11-16(22-3)14-17(18)19(20)15-9-7-6-8-10-15/h6-12,14H,4-5,13H2,1-3H3. The summed E-state index contributed by atoms with van der Waals surface area (Å²) in [7, 11) is 1.52. The van der Waals surface area contributed by atoms with Crippen molar-refractivity contribution in [2.75, 3.05) is 19.5 Å². The van der Waals surface area contributed by atoms with Crippen LogP contribution in [0.15, 0.2) is 48.5 Å². The van der Waals surface area contributed by atoms with E-state index >= 15 is 0 Å². The Morgan fingerprint density at radius 1 is 1.12 bits per heavy atom. The molecule has 0 aliphatic rings. The van der Waals surface area contributed by atoms with E-state index in [1.54, 1.807) is 49.4 Å². The third-order valence-corrected chi connectivity index (χ3v) is 7.36. The van der Waals surface area contributed by atoms with Crippen LogP contribution in [-0.4, -0.2) is 25.3 Å². The number of ketones is 1. The molecule has 0 aliphatic heterocycles. The summed E-state index contributed by atoms with van der Waals surface area (Å²) in [6, 6.07) is 13.7. The molecule has 26 heavy (non-hydrogen) atoms. The Labute approximate surface area is 158 Å². The normalized spacial score (nSPS) is 13.0. The maximum Gasteiger partial charge on any atom is 0.440 e. The van der Waals surface area contributed by atoms with Gasteiger partial charge >= 0.3 is 6.80 Å². The first-order chi connectivity index (χ1) is 12.5. The highest BCUT2D eigenvalue weighted by molar-refractivity contribution is 8.55. The Morgan fingerprint density at radius 3 is 2.46 bits per heavy atom. The van der Waals surface area contributed by atoms with E-state index < -0.39 is 6.80 Å². The monoisotopic (exact) mass is 394 g/mol. The molecule has 0 radical (unpaired) electrons. The van der Waals surface area contributed by atoms with Gasteiger partial charge in [-0.3, -0.25) is 9.32 Å².